The molecule has 3 N–H and O–H groups in total. The minimum atomic E-state index is -3.90. The van der Waals surface area contributed by atoms with Crippen molar-refractivity contribution in [3.8, 4) is 11.4 Å². The summed E-state index contributed by atoms with van der Waals surface area (Å²) in [7, 11) is -2.66. The molecule has 0 unspecified atom stereocenters. The monoisotopic (exact) mass is 555 g/mol. The lowest BCUT2D eigenvalue weighted by atomic mass is 10.2. The third-order valence-electron chi connectivity index (χ3n) is 4.16. The summed E-state index contributed by atoms with van der Waals surface area (Å²) in [5.41, 5.74) is 0.687. The molecule has 1 heterocycles. The largest absolute Gasteiger partial charge is 0.365 e. The second kappa shape index (κ2) is 10.4. The Bertz CT molecular complexity index is 1260. The number of aromatic nitrogens is 3. The molecule has 1 aromatic heterocycles. The Labute approximate surface area is 201 Å². The number of carbonyl (C=O) groups is 2. The number of rotatable bonds is 8. The Morgan fingerprint density at radius 2 is 1.82 bits per heavy atom. The number of thioether (sulfide) groups is 1. The van der Waals surface area contributed by atoms with Crippen molar-refractivity contribution in [1.29, 1.82) is 0 Å². The lowest BCUT2D eigenvalue weighted by Crippen LogP contribution is -2.22. The molecule has 174 valence electrons. The summed E-state index contributed by atoms with van der Waals surface area (Å²) in [5.74, 6) is -0.737. The number of sulfonamides is 1. The van der Waals surface area contributed by atoms with Crippen LogP contribution in [0.4, 0.5) is 0 Å². The molecule has 0 atom stereocenters. The molecule has 0 saturated heterocycles. The van der Waals surface area contributed by atoms with E-state index < -0.39 is 21.9 Å². The van der Waals surface area contributed by atoms with Crippen LogP contribution in [0.2, 0.25) is 0 Å². The van der Waals surface area contributed by atoms with Gasteiger partial charge in [0.25, 0.3) is 0 Å². The summed E-state index contributed by atoms with van der Waals surface area (Å²) in [6, 6.07) is 12.0. The van der Waals surface area contributed by atoms with Gasteiger partial charge in [0.1, 0.15) is 0 Å². The Balaban J connectivity index is 1.84. The average Bonchev–Trinajstić information content (AvgIpc) is 3.16. The van der Waals surface area contributed by atoms with E-state index in [0.717, 1.165) is 21.1 Å². The highest BCUT2D eigenvalue weighted by Gasteiger charge is 2.19. The molecule has 0 radical (unpaired) electrons. The van der Waals surface area contributed by atoms with E-state index in [-0.39, 0.29) is 33.6 Å². The zero-order valence-electron chi connectivity index (χ0n) is 17.1. The van der Waals surface area contributed by atoms with Crippen molar-refractivity contribution >= 4 is 49.6 Å². The van der Waals surface area contributed by atoms with Crippen LogP contribution in [0.5, 0.6) is 0 Å². The zero-order chi connectivity index (χ0) is 24.2. The minimum Gasteiger partial charge on any atom is -0.312 e. The maximum Gasteiger partial charge on any atom is 0.365 e. The van der Waals surface area contributed by atoms with Crippen LogP contribution >= 0.6 is 27.7 Å². The van der Waals surface area contributed by atoms with E-state index >= 15 is 0 Å². The van der Waals surface area contributed by atoms with Gasteiger partial charge in [0.15, 0.2) is 0 Å². The summed E-state index contributed by atoms with van der Waals surface area (Å²) in [4.78, 5) is 34.7. The molecular weight excluding hydrogens is 538 g/mol. The van der Waals surface area contributed by atoms with Crippen molar-refractivity contribution in [2.24, 2.45) is 5.14 Å². The number of hydroxylamine groups is 2. The fourth-order valence-electron chi connectivity index (χ4n) is 2.48. The molecule has 0 aliphatic rings. The third-order valence-corrected chi connectivity index (χ3v) is 6.45. The number of primary sulfonamides is 1. The van der Waals surface area contributed by atoms with E-state index in [1.54, 1.807) is 24.3 Å². The van der Waals surface area contributed by atoms with E-state index in [4.69, 9.17) is 15.2 Å². The number of hydrogen-bond donors (Lipinski definition) is 2. The average molecular weight is 556 g/mol. The summed E-state index contributed by atoms with van der Waals surface area (Å²) in [6.45, 7) is 0. The first-order valence-electron chi connectivity index (χ1n) is 9.21. The molecule has 11 nitrogen and oxygen atoms in total. The van der Waals surface area contributed by atoms with Gasteiger partial charge in [-0.25, -0.2) is 23.4 Å². The SMILES string of the molecule is CN(O)C(=O)CCSc1nc(-c2ccc(Br)cc2)n(OC(=O)c2ccc(S(N)(=O)=O)cc2)n1. The van der Waals surface area contributed by atoms with Crippen LogP contribution in [-0.2, 0) is 14.8 Å². The van der Waals surface area contributed by atoms with Crippen LogP contribution < -0.4 is 9.98 Å². The fourth-order valence-corrected chi connectivity index (χ4v) is 4.00. The summed E-state index contributed by atoms with van der Waals surface area (Å²) in [6.07, 6.45) is 0.0516. The molecule has 33 heavy (non-hydrogen) atoms. The number of hydrogen-bond acceptors (Lipinski definition) is 9. The standard InChI is InChI=1S/C19H18BrN5O6S2/c1-24(28)16(26)10-11-32-19-22-17(12-2-6-14(20)7-3-12)25(23-19)31-18(27)13-4-8-15(9-5-13)33(21,29)30/h2-9,28H,10-11H2,1H3,(H2,21,29,30). The fraction of sp³-hybridized carbons (Fsp3) is 0.158. The third kappa shape index (κ3) is 6.61. The van der Waals surface area contributed by atoms with Gasteiger partial charge in [-0.05, 0) is 48.5 Å². The normalized spacial score (nSPS) is 11.3. The van der Waals surface area contributed by atoms with Crippen LogP contribution in [0.1, 0.15) is 16.8 Å². The van der Waals surface area contributed by atoms with Crippen molar-refractivity contribution < 1.29 is 28.1 Å². The highest BCUT2D eigenvalue weighted by molar-refractivity contribution is 9.10. The maximum absolute atomic E-state index is 12.6. The summed E-state index contributed by atoms with van der Waals surface area (Å²) >= 11 is 4.50. The molecule has 0 aliphatic carbocycles. The van der Waals surface area contributed by atoms with Crippen LogP contribution in [-0.4, -0.2) is 58.3 Å². The smallest absolute Gasteiger partial charge is 0.312 e. The summed E-state index contributed by atoms with van der Waals surface area (Å²) in [5, 5.41) is 19.1. The van der Waals surface area contributed by atoms with E-state index in [2.05, 4.69) is 26.0 Å². The van der Waals surface area contributed by atoms with Crippen molar-refractivity contribution in [3.63, 3.8) is 0 Å². The molecule has 3 aromatic rings. The lowest BCUT2D eigenvalue weighted by molar-refractivity contribution is -0.158. The summed E-state index contributed by atoms with van der Waals surface area (Å²) < 4.78 is 23.6. The van der Waals surface area contributed by atoms with Crippen LogP contribution in [0, 0.1) is 0 Å². The highest BCUT2D eigenvalue weighted by Crippen LogP contribution is 2.24. The van der Waals surface area contributed by atoms with Gasteiger partial charge in [0, 0.05) is 29.3 Å². The predicted octanol–water partition coefficient (Wildman–Crippen LogP) is 1.95. The van der Waals surface area contributed by atoms with Crippen molar-refractivity contribution in [2.75, 3.05) is 12.8 Å². The second-order valence-electron chi connectivity index (χ2n) is 6.56. The highest BCUT2D eigenvalue weighted by atomic mass is 79.9. The molecular formula is C19H18BrN5O6S2. The van der Waals surface area contributed by atoms with Gasteiger partial charge < -0.3 is 4.84 Å². The number of nitrogens with two attached hydrogens (primary N) is 1. The molecule has 0 saturated carbocycles. The van der Waals surface area contributed by atoms with Crippen LogP contribution in [0.25, 0.3) is 11.4 Å². The van der Waals surface area contributed by atoms with E-state index in [9.17, 15) is 18.0 Å². The zero-order valence-corrected chi connectivity index (χ0v) is 20.3. The number of benzene rings is 2. The molecule has 2 aromatic carbocycles. The molecule has 0 bridgehead atoms. The van der Waals surface area contributed by atoms with Crippen molar-refractivity contribution in [3.05, 3.63) is 58.6 Å². The number of amides is 1. The Morgan fingerprint density at radius 1 is 1.18 bits per heavy atom. The topological polar surface area (TPSA) is 158 Å². The van der Waals surface area contributed by atoms with Gasteiger partial charge in [-0.1, -0.05) is 32.5 Å². The van der Waals surface area contributed by atoms with Gasteiger partial charge in [-0.2, -0.15) is 4.98 Å². The van der Waals surface area contributed by atoms with Gasteiger partial charge in [0.2, 0.25) is 26.9 Å². The number of nitrogens with zero attached hydrogens (tertiary/aromatic N) is 4. The molecule has 1 amide bonds. The number of halogens is 1. The molecule has 0 aliphatic heterocycles. The lowest BCUT2D eigenvalue weighted by Gasteiger charge is -2.07. The first kappa shape index (κ1) is 24.9. The predicted molar refractivity (Wildman–Crippen MR) is 122 cm³/mol. The first-order chi connectivity index (χ1) is 15.5. The number of carbonyl (C=O) groups excluding carboxylic acids is 2. The van der Waals surface area contributed by atoms with Crippen molar-refractivity contribution in [2.45, 2.75) is 16.5 Å². The van der Waals surface area contributed by atoms with Crippen molar-refractivity contribution in [1.82, 2.24) is 20.0 Å². The Morgan fingerprint density at radius 3 is 2.39 bits per heavy atom. The molecule has 3 rings (SSSR count). The molecule has 14 heteroatoms. The maximum atomic E-state index is 12.6. The van der Waals surface area contributed by atoms with E-state index in [1.165, 1.54) is 31.3 Å². The van der Waals surface area contributed by atoms with Crippen LogP contribution in [0.15, 0.2) is 63.1 Å². The quantitative estimate of drug-likeness (QED) is 0.240. The molecule has 0 fully saturated rings. The Kier molecular flexibility index (Phi) is 7.86. The van der Waals surface area contributed by atoms with Gasteiger partial charge in [-0.15, -0.1) is 5.10 Å². The van der Waals surface area contributed by atoms with Gasteiger partial charge in [0.05, 0.1) is 10.5 Å². The minimum absolute atomic E-state index is 0.0516. The van der Waals surface area contributed by atoms with E-state index in [1.807, 2.05) is 0 Å². The van der Waals surface area contributed by atoms with Gasteiger partial charge >= 0.3 is 5.97 Å². The second-order valence-corrected chi connectivity index (χ2v) is 10.1. The van der Waals surface area contributed by atoms with Gasteiger partial charge in [-0.3, -0.25) is 10.0 Å². The van der Waals surface area contributed by atoms with E-state index in [0.29, 0.717) is 10.6 Å². The molecule has 0 spiro atoms. The first-order valence-corrected chi connectivity index (χ1v) is 12.5. The Hall–Kier alpha value is -2.78. The van der Waals surface area contributed by atoms with Crippen LogP contribution in [0.3, 0.4) is 0 Å².